The lowest BCUT2D eigenvalue weighted by Crippen LogP contribution is -2.24. The predicted octanol–water partition coefficient (Wildman–Crippen LogP) is 4.19. The highest BCUT2D eigenvalue weighted by Gasteiger charge is 2.22. The average Bonchev–Trinajstić information content (AvgIpc) is 2.41. The van der Waals surface area contributed by atoms with Gasteiger partial charge in [0.15, 0.2) is 0 Å². The fraction of sp³-hybridized carbons (Fsp3) is 0.625. The van der Waals surface area contributed by atoms with Crippen molar-refractivity contribution in [3.05, 3.63) is 29.6 Å². The first kappa shape index (κ1) is 14.3. The van der Waals surface area contributed by atoms with Crippen LogP contribution in [0.3, 0.4) is 0 Å². The zero-order chi connectivity index (χ0) is 13.8. The van der Waals surface area contributed by atoms with Crippen LogP contribution in [0.4, 0.5) is 4.39 Å². The van der Waals surface area contributed by atoms with E-state index < -0.39 is 0 Å². The average molecular weight is 265 g/mol. The lowest BCUT2D eigenvalue weighted by molar-refractivity contribution is 0.128. The maximum Gasteiger partial charge on any atom is 0.124 e. The Balaban J connectivity index is 2.03. The third-order valence-corrected chi connectivity index (χ3v) is 4.13. The fourth-order valence-electron chi connectivity index (χ4n) is 2.82. The molecule has 1 aliphatic rings. The van der Waals surface area contributed by atoms with Crippen molar-refractivity contribution in [2.45, 2.75) is 58.1 Å². The molecule has 0 radical (unpaired) electrons. The molecule has 106 valence electrons. The van der Waals surface area contributed by atoms with Crippen molar-refractivity contribution < 1.29 is 9.13 Å². The molecule has 1 aliphatic carbocycles. The van der Waals surface area contributed by atoms with Crippen molar-refractivity contribution in [2.75, 3.05) is 0 Å². The fourth-order valence-corrected chi connectivity index (χ4v) is 2.82. The van der Waals surface area contributed by atoms with Crippen LogP contribution in [0.1, 0.15) is 57.6 Å². The van der Waals surface area contributed by atoms with E-state index in [1.165, 1.54) is 31.4 Å². The van der Waals surface area contributed by atoms with Gasteiger partial charge in [-0.25, -0.2) is 4.39 Å². The number of ether oxygens (including phenoxy) is 1. The van der Waals surface area contributed by atoms with Gasteiger partial charge in [0, 0.05) is 11.6 Å². The summed E-state index contributed by atoms with van der Waals surface area (Å²) in [6.45, 7) is 4.11. The third kappa shape index (κ3) is 3.69. The summed E-state index contributed by atoms with van der Waals surface area (Å²) in [5, 5.41) is 0. The lowest BCUT2D eigenvalue weighted by atomic mass is 9.86. The molecule has 0 amide bonds. The minimum Gasteiger partial charge on any atom is -0.490 e. The van der Waals surface area contributed by atoms with Crippen molar-refractivity contribution in [3.8, 4) is 5.75 Å². The molecule has 0 heterocycles. The zero-order valence-corrected chi connectivity index (χ0v) is 11.9. The standard InChI is InChI=1S/C16H24FNO/c1-3-12-4-7-14(8-5-12)19-16-9-6-13(17)10-15(16)11(2)18/h6,9-12,14H,3-5,7-8,18H2,1-2H3. The summed E-state index contributed by atoms with van der Waals surface area (Å²) >= 11 is 0. The third-order valence-electron chi connectivity index (χ3n) is 4.13. The molecular weight excluding hydrogens is 241 g/mol. The van der Waals surface area contributed by atoms with Gasteiger partial charge in [-0.2, -0.15) is 0 Å². The Morgan fingerprint density at radius 2 is 2.00 bits per heavy atom. The van der Waals surface area contributed by atoms with Crippen LogP contribution in [-0.4, -0.2) is 6.10 Å². The SMILES string of the molecule is CCC1CCC(Oc2ccc(F)cc2C(C)N)CC1. The van der Waals surface area contributed by atoms with Crippen molar-refractivity contribution in [1.82, 2.24) is 0 Å². The molecule has 1 aromatic rings. The molecule has 0 spiro atoms. The van der Waals surface area contributed by atoms with Crippen LogP contribution < -0.4 is 10.5 Å². The Hall–Kier alpha value is -1.09. The van der Waals surface area contributed by atoms with Crippen LogP contribution in [0, 0.1) is 11.7 Å². The van der Waals surface area contributed by atoms with E-state index in [1.807, 2.05) is 6.92 Å². The van der Waals surface area contributed by atoms with Crippen molar-refractivity contribution in [3.63, 3.8) is 0 Å². The van der Waals surface area contributed by atoms with Crippen LogP contribution in [-0.2, 0) is 0 Å². The summed E-state index contributed by atoms with van der Waals surface area (Å²) in [7, 11) is 0. The highest BCUT2D eigenvalue weighted by molar-refractivity contribution is 5.36. The molecular formula is C16H24FNO. The minimum absolute atomic E-state index is 0.210. The van der Waals surface area contributed by atoms with Crippen LogP contribution in [0.2, 0.25) is 0 Å². The number of hydrogen-bond acceptors (Lipinski definition) is 2. The summed E-state index contributed by atoms with van der Waals surface area (Å²) in [6, 6.07) is 4.42. The van der Waals surface area contributed by atoms with E-state index in [1.54, 1.807) is 6.07 Å². The molecule has 1 fully saturated rings. The number of halogens is 1. The number of rotatable bonds is 4. The highest BCUT2D eigenvalue weighted by atomic mass is 19.1. The van der Waals surface area contributed by atoms with Gasteiger partial charge in [0.25, 0.3) is 0 Å². The Bertz CT molecular complexity index is 411. The second kappa shape index (κ2) is 6.38. The molecule has 0 aliphatic heterocycles. The van der Waals surface area contributed by atoms with E-state index in [4.69, 9.17) is 10.5 Å². The second-order valence-corrected chi connectivity index (χ2v) is 5.64. The molecule has 0 saturated heterocycles. The Morgan fingerprint density at radius 3 is 2.58 bits per heavy atom. The Kier molecular flexibility index (Phi) is 4.81. The number of hydrogen-bond donors (Lipinski definition) is 1. The first-order chi connectivity index (χ1) is 9.10. The monoisotopic (exact) mass is 265 g/mol. The maximum atomic E-state index is 13.3. The van der Waals surface area contributed by atoms with E-state index in [0.29, 0.717) is 0 Å². The quantitative estimate of drug-likeness (QED) is 0.885. The minimum atomic E-state index is -0.255. The highest BCUT2D eigenvalue weighted by Crippen LogP contribution is 2.32. The van der Waals surface area contributed by atoms with Gasteiger partial charge >= 0.3 is 0 Å². The van der Waals surface area contributed by atoms with Gasteiger partial charge in [0.05, 0.1) is 6.10 Å². The molecule has 1 atom stereocenters. The lowest BCUT2D eigenvalue weighted by Gasteiger charge is -2.29. The first-order valence-corrected chi connectivity index (χ1v) is 7.31. The maximum absolute atomic E-state index is 13.3. The van der Waals surface area contributed by atoms with E-state index in [-0.39, 0.29) is 18.0 Å². The summed E-state index contributed by atoms with van der Waals surface area (Å²) in [5.74, 6) is 1.34. The summed E-state index contributed by atoms with van der Waals surface area (Å²) in [5.41, 5.74) is 6.65. The van der Waals surface area contributed by atoms with Gasteiger partial charge in [-0.15, -0.1) is 0 Å². The molecule has 0 bridgehead atoms. The molecule has 19 heavy (non-hydrogen) atoms. The Labute approximate surface area is 115 Å². The van der Waals surface area contributed by atoms with Crippen molar-refractivity contribution in [1.29, 1.82) is 0 Å². The Morgan fingerprint density at radius 1 is 1.32 bits per heavy atom. The largest absolute Gasteiger partial charge is 0.490 e. The summed E-state index contributed by atoms with van der Waals surface area (Å²) in [4.78, 5) is 0. The summed E-state index contributed by atoms with van der Waals surface area (Å²) in [6.07, 6.45) is 6.16. The predicted molar refractivity (Wildman–Crippen MR) is 75.7 cm³/mol. The van der Waals surface area contributed by atoms with Crippen LogP contribution in [0.25, 0.3) is 0 Å². The summed E-state index contributed by atoms with van der Waals surface area (Å²) < 4.78 is 19.3. The van der Waals surface area contributed by atoms with Crippen LogP contribution in [0.5, 0.6) is 5.75 Å². The molecule has 1 saturated carbocycles. The number of benzene rings is 1. The van der Waals surface area contributed by atoms with Crippen molar-refractivity contribution in [2.24, 2.45) is 11.7 Å². The van der Waals surface area contributed by atoms with Crippen molar-refractivity contribution >= 4 is 0 Å². The number of nitrogens with two attached hydrogens (primary N) is 1. The van der Waals surface area contributed by atoms with Gasteiger partial charge in [-0.1, -0.05) is 13.3 Å². The molecule has 0 aromatic heterocycles. The van der Waals surface area contributed by atoms with Gasteiger partial charge in [0.1, 0.15) is 11.6 Å². The molecule has 1 unspecified atom stereocenters. The van der Waals surface area contributed by atoms with E-state index in [0.717, 1.165) is 30.1 Å². The van der Waals surface area contributed by atoms with Gasteiger partial charge < -0.3 is 10.5 Å². The topological polar surface area (TPSA) is 35.2 Å². The zero-order valence-electron chi connectivity index (χ0n) is 11.9. The molecule has 2 nitrogen and oxygen atoms in total. The van der Waals surface area contributed by atoms with E-state index in [9.17, 15) is 4.39 Å². The van der Waals surface area contributed by atoms with Gasteiger partial charge in [-0.3, -0.25) is 0 Å². The molecule has 2 N–H and O–H groups in total. The second-order valence-electron chi connectivity index (χ2n) is 5.64. The molecule has 1 aromatic carbocycles. The first-order valence-electron chi connectivity index (χ1n) is 7.31. The van der Waals surface area contributed by atoms with Crippen LogP contribution in [0.15, 0.2) is 18.2 Å². The van der Waals surface area contributed by atoms with Gasteiger partial charge in [0.2, 0.25) is 0 Å². The molecule has 2 rings (SSSR count). The smallest absolute Gasteiger partial charge is 0.124 e. The van der Waals surface area contributed by atoms with E-state index >= 15 is 0 Å². The van der Waals surface area contributed by atoms with E-state index in [2.05, 4.69) is 6.92 Å². The van der Waals surface area contributed by atoms with Gasteiger partial charge in [-0.05, 0) is 56.7 Å². The van der Waals surface area contributed by atoms with Crippen LogP contribution >= 0.6 is 0 Å². The molecule has 3 heteroatoms. The normalized spacial score (nSPS) is 25.1.